The summed E-state index contributed by atoms with van der Waals surface area (Å²) in [5.41, 5.74) is 4.85. The first-order chi connectivity index (χ1) is 40.2. The van der Waals surface area contributed by atoms with Crippen LogP contribution in [0.3, 0.4) is 0 Å². The molecule has 2 heterocycles. The van der Waals surface area contributed by atoms with Gasteiger partial charge in [0.1, 0.15) is 30.6 Å². The molecule has 3 aromatic rings. The molecule has 5 rings (SSSR count). The van der Waals surface area contributed by atoms with Gasteiger partial charge in [0.15, 0.2) is 6.29 Å². The van der Waals surface area contributed by atoms with Crippen molar-refractivity contribution in [1.82, 2.24) is 47.1 Å². The van der Waals surface area contributed by atoms with E-state index in [0.29, 0.717) is 113 Å². The van der Waals surface area contributed by atoms with E-state index >= 15 is 0 Å². The Kier molecular flexibility index (Phi) is 43.8. The highest BCUT2D eigenvalue weighted by Crippen LogP contribution is 2.41. The topological polar surface area (TPSA) is 321 Å². The number of rotatable bonds is 27. The Labute approximate surface area is 495 Å². The highest BCUT2D eigenvalue weighted by Gasteiger charge is 2.35. The average molecular weight is 1180 g/mol. The van der Waals surface area contributed by atoms with Crippen molar-refractivity contribution in [2.24, 2.45) is 5.92 Å². The van der Waals surface area contributed by atoms with Gasteiger partial charge in [-0.3, -0.25) is 48.1 Å². The van der Waals surface area contributed by atoms with Crippen molar-refractivity contribution in [3.63, 3.8) is 0 Å². The smallest absolute Gasteiger partial charge is 0.239 e. The number of aromatic nitrogens is 1. The van der Waals surface area contributed by atoms with Crippen molar-refractivity contribution < 1.29 is 67.3 Å². The third-order valence-corrected chi connectivity index (χ3v) is 12.6. The lowest BCUT2D eigenvalue weighted by Crippen LogP contribution is -2.36. The van der Waals surface area contributed by atoms with Gasteiger partial charge in [0.05, 0.1) is 36.6 Å². The van der Waals surface area contributed by atoms with Crippen LogP contribution in [-0.4, -0.2) is 161 Å². The fraction of sp³-hybridized carbons (Fsp3) is 0.525. The molecule has 468 valence electrons. The van der Waals surface area contributed by atoms with Gasteiger partial charge in [-0.15, -0.1) is 0 Å². The molecule has 0 spiro atoms. The molecule has 1 aliphatic heterocycles. The molecular formula is C61H94FN9O13. The van der Waals surface area contributed by atoms with E-state index in [4.69, 9.17) is 14.8 Å². The Bertz CT molecular complexity index is 2550. The monoisotopic (exact) mass is 1180 g/mol. The SMILES string of the molecule is CCCC.CCNC(=O)CNC(=O)CCCCCN1C(=O)CC(C)C1=O.CCNC(=O)CNC=O.CN/C(=C\C(=C/C=O)[C@](C)(O)C=O)c1nc2cc(F)c(C)c3c2c(c1C)[C@@H](NC)CC3.CO.Cc1ccccc1.O=CCOCCNC=O. The van der Waals surface area contributed by atoms with Gasteiger partial charge in [-0.2, -0.15) is 0 Å². The number of nitrogens with one attached hydrogen (secondary N) is 7. The molecule has 1 fully saturated rings. The predicted octanol–water partition coefficient (Wildman–Crippen LogP) is 4.25. The lowest BCUT2D eigenvalue weighted by Gasteiger charge is -2.30. The summed E-state index contributed by atoms with van der Waals surface area (Å²) < 4.78 is 19.3. The Morgan fingerprint density at radius 2 is 1.46 bits per heavy atom. The van der Waals surface area contributed by atoms with Crippen LogP contribution in [0.5, 0.6) is 0 Å². The fourth-order valence-electron chi connectivity index (χ4n) is 7.94. The van der Waals surface area contributed by atoms with Gasteiger partial charge in [0.2, 0.25) is 42.4 Å². The van der Waals surface area contributed by atoms with Crippen LogP contribution in [0.2, 0.25) is 0 Å². The zero-order valence-corrected chi connectivity index (χ0v) is 51.3. The minimum atomic E-state index is -1.84. The second kappa shape index (κ2) is 46.8. The molecular weight excluding hydrogens is 1090 g/mol. The number of halogens is 1. The second-order valence-corrected chi connectivity index (χ2v) is 19.0. The van der Waals surface area contributed by atoms with Crippen molar-refractivity contribution in [2.75, 3.05) is 73.7 Å². The molecule has 1 aromatic heterocycles. The van der Waals surface area contributed by atoms with Crippen LogP contribution < -0.4 is 37.2 Å². The highest BCUT2D eigenvalue weighted by molar-refractivity contribution is 6.03. The number of hydrogen-bond acceptors (Lipinski definition) is 16. The number of nitrogens with zero attached hydrogens (tertiary/aromatic N) is 2. The summed E-state index contributed by atoms with van der Waals surface area (Å²) in [6.07, 6.45) is 12.3. The van der Waals surface area contributed by atoms with Gasteiger partial charge in [-0.25, -0.2) is 9.37 Å². The minimum absolute atomic E-state index is 0.00133. The molecule has 7 amide bonds. The van der Waals surface area contributed by atoms with Gasteiger partial charge in [0.25, 0.3) is 0 Å². The van der Waals surface area contributed by atoms with Crippen LogP contribution in [0.1, 0.15) is 132 Å². The zero-order chi connectivity index (χ0) is 64.0. The number of unbranched alkanes of at least 4 members (excludes halogenated alkanes) is 3. The molecule has 0 bridgehead atoms. The zero-order valence-electron chi connectivity index (χ0n) is 51.3. The molecule has 1 saturated heterocycles. The van der Waals surface area contributed by atoms with E-state index in [1.54, 1.807) is 20.9 Å². The Morgan fingerprint density at radius 3 is 1.95 bits per heavy atom. The largest absolute Gasteiger partial charge is 0.400 e. The number of imide groups is 1. The molecule has 23 heteroatoms. The third-order valence-electron chi connectivity index (χ3n) is 12.6. The van der Waals surface area contributed by atoms with Crippen LogP contribution in [-0.2, 0) is 59.1 Å². The van der Waals surface area contributed by atoms with E-state index in [1.165, 1.54) is 42.4 Å². The number of hydrogen-bond donors (Lipinski definition) is 9. The summed E-state index contributed by atoms with van der Waals surface area (Å²) in [7, 11) is 4.59. The summed E-state index contributed by atoms with van der Waals surface area (Å²) in [5, 5.41) is 37.1. The number of allylic oxidation sites excluding steroid dienone is 1. The lowest BCUT2D eigenvalue weighted by atomic mass is 9.81. The predicted molar refractivity (Wildman–Crippen MR) is 323 cm³/mol. The van der Waals surface area contributed by atoms with Gasteiger partial charge < -0.3 is 57.0 Å². The average Bonchev–Trinajstić information content (AvgIpc) is 1.88. The number of carbonyl (C=O) groups excluding carboxylic acids is 10. The lowest BCUT2D eigenvalue weighted by molar-refractivity contribution is -0.139. The number of amides is 7. The molecule has 3 atom stereocenters. The summed E-state index contributed by atoms with van der Waals surface area (Å²) in [4.78, 5) is 114. The van der Waals surface area contributed by atoms with Crippen molar-refractivity contribution >= 4 is 77.8 Å². The number of aliphatic hydroxyl groups is 2. The van der Waals surface area contributed by atoms with E-state index in [9.17, 15) is 57.4 Å². The number of carbonyl (C=O) groups is 10. The van der Waals surface area contributed by atoms with Crippen molar-refractivity contribution in [3.8, 4) is 0 Å². The number of pyridine rings is 1. The number of aryl methyl sites for hydroxylation is 2. The van der Waals surface area contributed by atoms with Gasteiger partial charge in [-0.05, 0) is 114 Å². The van der Waals surface area contributed by atoms with E-state index in [-0.39, 0.29) is 72.6 Å². The number of ether oxygens (including phenoxy) is 1. The molecule has 22 nitrogen and oxygen atoms in total. The second-order valence-electron chi connectivity index (χ2n) is 19.0. The first-order valence-electron chi connectivity index (χ1n) is 28.2. The Hall–Kier alpha value is -7.60. The summed E-state index contributed by atoms with van der Waals surface area (Å²) in [6, 6.07) is 11.8. The first kappa shape index (κ1) is 78.5. The maximum Gasteiger partial charge on any atom is 0.239 e. The highest BCUT2D eigenvalue weighted by atomic mass is 19.1. The Balaban J connectivity index is 0. The maximum absolute atomic E-state index is 14.7. The molecule has 1 aliphatic carbocycles. The fourth-order valence-corrected chi connectivity index (χ4v) is 7.94. The van der Waals surface area contributed by atoms with Crippen molar-refractivity contribution in [2.45, 2.75) is 132 Å². The number of likely N-dealkylation sites (N-methyl/N-ethyl adjacent to an activating group) is 2. The summed E-state index contributed by atoms with van der Waals surface area (Å²) in [6.45, 7) is 19.5. The van der Waals surface area contributed by atoms with E-state index < -0.39 is 5.60 Å². The molecule has 0 saturated carbocycles. The first-order valence-corrected chi connectivity index (χ1v) is 28.2. The van der Waals surface area contributed by atoms with Crippen LogP contribution in [0.4, 0.5) is 4.39 Å². The molecule has 9 N–H and O–H groups in total. The van der Waals surface area contributed by atoms with E-state index in [2.05, 4.69) is 70.1 Å². The molecule has 2 aliphatic rings. The number of likely N-dealkylation sites (tertiary alicyclic amines) is 1. The number of aliphatic hydroxyl groups excluding tert-OH is 1. The van der Waals surface area contributed by atoms with Gasteiger partial charge >= 0.3 is 0 Å². The normalized spacial score (nSPS) is 14.4. The van der Waals surface area contributed by atoms with Crippen molar-refractivity contribution in [1.29, 1.82) is 0 Å². The Morgan fingerprint density at radius 1 is 0.845 bits per heavy atom. The minimum Gasteiger partial charge on any atom is -0.400 e. The van der Waals surface area contributed by atoms with Crippen LogP contribution in [0.25, 0.3) is 16.6 Å². The quantitative estimate of drug-likeness (QED) is 0.0169. The number of benzene rings is 2. The van der Waals surface area contributed by atoms with E-state index in [1.807, 2.05) is 46.0 Å². The third kappa shape index (κ3) is 30.1. The molecule has 2 aromatic carbocycles. The summed E-state index contributed by atoms with van der Waals surface area (Å²) >= 11 is 0. The van der Waals surface area contributed by atoms with E-state index in [0.717, 1.165) is 54.5 Å². The van der Waals surface area contributed by atoms with Crippen molar-refractivity contribution in [3.05, 3.63) is 93.5 Å². The summed E-state index contributed by atoms with van der Waals surface area (Å²) in [5.74, 6) is -1.21. The van der Waals surface area contributed by atoms with Crippen LogP contribution in [0.15, 0.2) is 54.1 Å². The van der Waals surface area contributed by atoms with Crippen LogP contribution >= 0.6 is 0 Å². The maximum atomic E-state index is 14.7. The van der Waals surface area contributed by atoms with Crippen LogP contribution in [0, 0.1) is 32.5 Å². The standard InChI is InChI=1S/C24H28FN3O3.C15H25N3O4.C7H8.C5H10N2O2.C5H9NO3.C4H10.CH4O/c1-13-16-6-7-18(26-4)21-14(2)23(28-19(22(16)21)11-17(13)25)20(27-5)10-15(8-9-29)24(3,31)12-30;1-3-16-13(20)10-17-12(19)7-5-4-6-8-18-14(21)9-11(2)15(18)22;1-7-5-3-2-4-6-7;1-2-7-5(9)3-6-4-8;7-2-4-9-3-1-6-5-8;1-3-4-2;1-2/h8-12,18,26-27,31H,6-7H2,1-5H3;11H,3-10H2,1-2H3,(H,16,20)(H,17,19);2-6H,1H3;4H,2-3H2,1H3,(H,6,8)(H,7,9);2,5H,1,3-4H2,(H,6,8);3-4H2,1-2H3;2H,1H3/b15-8+,20-10-;;;;;;/t18-,24+;;;;;;/m0....../s1. The van der Waals surface area contributed by atoms with Gasteiger partial charge in [0, 0.05) is 76.6 Å². The molecule has 84 heavy (non-hydrogen) atoms. The number of aldehydes is 3. The van der Waals surface area contributed by atoms with Gasteiger partial charge in [-0.1, -0.05) is 75.9 Å². The molecule has 1 unspecified atom stereocenters. The molecule has 0 radical (unpaired) electrons.